The molecular formula is C19H20BrClN2O3. The van der Waals surface area contributed by atoms with Crippen molar-refractivity contribution in [3.63, 3.8) is 0 Å². The van der Waals surface area contributed by atoms with Gasteiger partial charge in [0.05, 0.1) is 0 Å². The molecular weight excluding hydrogens is 420 g/mol. The number of carbonyl (C=O) groups is 2. The van der Waals surface area contributed by atoms with Crippen molar-refractivity contribution in [2.24, 2.45) is 0 Å². The van der Waals surface area contributed by atoms with E-state index < -0.39 is 6.04 Å². The number of ether oxygens (including phenoxy) is 1. The van der Waals surface area contributed by atoms with Gasteiger partial charge in [-0.25, -0.2) is 0 Å². The van der Waals surface area contributed by atoms with E-state index in [1.165, 1.54) is 4.90 Å². The number of carbonyl (C=O) groups excluding carboxylic acids is 2. The predicted octanol–water partition coefficient (Wildman–Crippen LogP) is 3.64. The third-order valence-corrected chi connectivity index (χ3v) is 4.64. The summed E-state index contributed by atoms with van der Waals surface area (Å²) in [5.74, 6) is 0.0276. The van der Waals surface area contributed by atoms with Gasteiger partial charge in [0.1, 0.15) is 11.8 Å². The fraction of sp³-hybridized carbons (Fsp3) is 0.263. The molecule has 0 aromatic heterocycles. The van der Waals surface area contributed by atoms with Gasteiger partial charge in [0.2, 0.25) is 5.91 Å². The minimum absolute atomic E-state index is 0.167. The smallest absolute Gasteiger partial charge is 0.261 e. The minimum atomic E-state index is -0.620. The summed E-state index contributed by atoms with van der Waals surface area (Å²) in [4.78, 5) is 26.2. The molecule has 0 spiro atoms. The first-order valence-electron chi connectivity index (χ1n) is 8.04. The summed E-state index contributed by atoms with van der Waals surface area (Å²) >= 11 is 9.23. The molecule has 5 nitrogen and oxygen atoms in total. The molecule has 2 aromatic carbocycles. The second-order valence-corrected chi connectivity index (χ2v) is 7.03. The van der Waals surface area contributed by atoms with Crippen molar-refractivity contribution < 1.29 is 14.3 Å². The Bertz CT molecular complexity index is 750. The zero-order valence-electron chi connectivity index (χ0n) is 14.5. The summed E-state index contributed by atoms with van der Waals surface area (Å²) in [6.07, 6.45) is 0. The number of hydrogen-bond donors (Lipinski definition) is 1. The Morgan fingerprint density at radius 2 is 1.77 bits per heavy atom. The van der Waals surface area contributed by atoms with Gasteiger partial charge in [0.25, 0.3) is 5.91 Å². The lowest BCUT2D eigenvalue weighted by molar-refractivity contribution is -0.142. The maximum atomic E-state index is 12.7. The Kier molecular flexibility index (Phi) is 7.48. The number of nitrogens with zero attached hydrogens (tertiary/aromatic N) is 1. The lowest BCUT2D eigenvalue weighted by Crippen LogP contribution is -2.48. The minimum Gasteiger partial charge on any atom is -0.484 e. The van der Waals surface area contributed by atoms with Crippen LogP contribution in [0.3, 0.4) is 0 Å². The molecule has 0 saturated heterocycles. The van der Waals surface area contributed by atoms with Crippen LogP contribution in [0.5, 0.6) is 5.75 Å². The topological polar surface area (TPSA) is 58.6 Å². The van der Waals surface area contributed by atoms with Crippen LogP contribution >= 0.6 is 27.5 Å². The van der Waals surface area contributed by atoms with Crippen LogP contribution in [0, 0.1) is 0 Å². The molecule has 0 saturated carbocycles. The van der Waals surface area contributed by atoms with Crippen LogP contribution < -0.4 is 10.1 Å². The van der Waals surface area contributed by atoms with E-state index in [2.05, 4.69) is 21.2 Å². The number of rotatable bonds is 7. The lowest BCUT2D eigenvalue weighted by atomic mass is 10.1. The Morgan fingerprint density at radius 3 is 2.35 bits per heavy atom. The third-order valence-electron chi connectivity index (χ3n) is 3.86. The van der Waals surface area contributed by atoms with Gasteiger partial charge < -0.3 is 15.0 Å². The molecule has 0 aliphatic carbocycles. The van der Waals surface area contributed by atoms with Crippen LogP contribution in [-0.4, -0.2) is 36.4 Å². The highest BCUT2D eigenvalue weighted by Gasteiger charge is 2.25. The van der Waals surface area contributed by atoms with E-state index in [9.17, 15) is 9.59 Å². The molecule has 0 unspecified atom stereocenters. The summed E-state index contributed by atoms with van der Waals surface area (Å²) in [6, 6.07) is 13.7. The molecule has 1 N–H and O–H groups in total. The predicted molar refractivity (Wildman–Crippen MR) is 105 cm³/mol. The van der Waals surface area contributed by atoms with Crippen LogP contribution in [-0.2, 0) is 16.1 Å². The summed E-state index contributed by atoms with van der Waals surface area (Å²) in [5.41, 5.74) is 0.920. The quantitative estimate of drug-likeness (QED) is 0.716. The molecule has 2 amide bonds. The molecule has 138 valence electrons. The standard InChI is InChI=1S/C19H20BrClN2O3/c1-13(19(25)22-2)23(11-14-3-5-15(20)6-4-14)18(24)12-26-17-9-7-16(21)8-10-17/h3-10,13H,11-12H2,1-2H3,(H,22,25)/t13-/m0/s1. The highest BCUT2D eigenvalue weighted by molar-refractivity contribution is 9.10. The van der Waals surface area contributed by atoms with Crippen molar-refractivity contribution >= 4 is 39.3 Å². The SMILES string of the molecule is CNC(=O)[C@H](C)N(Cc1ccc(Br)cc1)C(=O)COc1ccc(Cl)cc1. The molecule has 0 aliphatic heterocycles. The third kappa shape index (κ3) is 5.75. The van der Waals surface area contributed by atoms with Gasteiger partial charge in [0.15, 0.2) is 6.61 Å². The molecule has 0 radical (unpaired) electrons. The summed E-state index contributed by atoms with van der Waals surface area (Å²) in [7, 11) is 1.55. The number of halogens is 2. The summed E-state index contributed by atoms with van der Waals surface area (Å²) in [6.45, 7) is 1.84. The number of amides is 2. The van der Waals surface area contributed by atoms with Crippen LogP contribution in [0.1, 0.15) is 12.5 Å². The van der Waals surface area contributed by atoms with E-state index in [1.54, 1.807) is 38.2 Å². The number of benzene rings is 2. The highest BCUT2D eigenvalue weighted by atomic mass is 79.9. The molecule has 7 heteroatoms. The van der Waals surface area contributed by atoms with Gasteiger partial charge in [-0.1, -0.05) is 39.7 Å². The van der Waals surface area contributed by atoms with Crippen molar-refractivity contribution in [3.05, 3.63) is 63.6 Å². The lowest BCUT2D eigenvalue weighted by Gasteiger charge is -2.28. The maximum absolute atomic E-state index is 12.7. The van der Waals surface area contributed by atoms with Gasteiger partial charge in [-0.3, -0.25) is 9.59 Å². The summed E-state index contributed by atoms with van der Waals surface area (Å²) in [5, 5.41) is 3.17. The largest absolute Gasteiger partial charge is 0.484 e. The fourth-order valence-corrected chi connectivity index (χ4v) is 2.73. The summed E-state index contributed by atoms with van der Waals surface area (Å²) < 4.78 is 6.48. The van der Waals surface area contributed by atoms with Gasteiger partial charge in [-0.15, -0.1) is 0 Å². The van der Waals surface area contributed by atoms with Crippen molar-refractivity contribution in [3.8, 4) is 5.75 Å². The maximum Gasteiger partial charge on any atom is 0.261 e. The first kappa shape index (κ1) is 20.3. The van der Waals surface area contributed by atoms with E-state index in [-0.39, 0.29) is 18.4 Å². The number of nitrogens with one attached hydrogen (secondary N) is 1. The first-order chi connectivity index (χ1) is 12.4. The van der Waals surface area contributed by atoms with E-state index in [0.717, 1.165) is 10.0 Å². The van der Waals surface area contributed by atoms with E-state index in [1.807, 2.05) is 24.3 Å². The van der Waals surface area contributed by atoms with Gasteiger partial charge in [-0.2, -0.15) is 0 Å². The zero-order chi connectivity index (χ0) is 19.1. The Morgan fingerprint density at radius 1 is 1.15 bits per heavy atom. The number of hydrogen-bond acceptors (Lipinski definition) is 3. The van der Waals surface area contributed by atoms with Crippen LogP contribution in [0.2, 0.25) is 5.02 Å². The second kappa shape index (κ2) is 9.59. The first-order valence-corrected chi connectivity index (χ1v) is 9.21. The van der Waals surface area contributed by atoms with Crippen molar-refractivity contribution in [1.82, 2.24) is 10.2 Å². The van der Waals surface area contributed by atoms with Crippen molar-refractivity contribution in [2.75, 3.05) is 13.7 Å². The average molecular weight is 440 g/mol. The van der Waals surface area contributed by atoms with Crippen molar-refractivity contribution in [2.45, 2.75) is 19.5 Å². The van der Waals surface area contributed by atoms with Crippen LogP contribution in [0.25, 0.3) is 0 Å². The fourth-order valence-electron chi connectivity index (χ4n) is 2.34. The van der Waals surface area contributed by atoms with E-state index in [4.69, 9.17) is 16.3 Å². The van der Waals surface area contributed by atoms with Gasteiger partial charge in [-0.05, 0) is 48.9 Å². The molecule has 2 aromatic rings. The highest BCUT2D eigenvalue weighted by Crippen LogP contribution is 2.17. The second-order valence-electron chi connectivity index (χ2n) is 5.68. The molecule has 2 rings (SSSR count). The normalized spacial score (nSPS) is 11.5. The average Bonchev–Trinajstić information content (AvgIpc) is 2.65. The van der Waals surface area contributed by atoms with Gasteiger partial charge in [0, 0.05) is 23.1 Å². The van der Waals surface area contributed by atoms with Gasteiger partial charge >= 0.3 is 0 Å². The van der Waals surface area contributed by atoms with E-state index >= 15 is 0 Å². The molecule has 0 bridgehead atoms. The number of likely N-dealkylation sites (N-methyl/N-ethyl adjacent to an activating group) is 1. The van der Waals surface area contributed by atoms with Crippen LogP contribution in [0.15, 0.2) is 53.0 Å². The Balaban J connectivity index is 2.10. The molecule has 1 atom stereocenters. The molecule has 26 heavy (non-hydrogen) atoms. The molecule has 0 fully saturated rings. The molecule has 0 heterocycles. The Hall–Kier alpha value is -2.05. The van der Waals surface area contributed by atoms with Crippen molar-refractivity contribution in [1.29, 1.82) is 0 Å². The Labute approximate surface area is 166 Å². The zero-order valence-corrected chi connectivity index (χ0v) is 16.9. The monoisotopic (exact) mass is 438 g/mol. The molecule has 0 aliphatic rings. The van der Waals surface area contributed by atoms with Crippen LogP contribution in [0.4, 0.5) is 0 Å². The van der Waals surface area contributed by atoms with E-state index in [0.29, 0.717) is 17.3 Å².